The molecule has 0 aliphatic heterocycles. The third-order valence-electron chi connectivity index (χ3n) is 8.89. The average Bonchev–Trinajstić information content (AvgIpc) is 3.04. The normalized spacial score (nSPS) is 12.6. The topological polar surface area (TPSA) is 44.8 Å². The molecule has 0 aliphatic carbocycles. The smallest absolute Gasteiger partial charge is 0.343 e. The van der Waals surface area contributed by atoms with Crippen LogP contribution in [0.15, 0.2) is 66.7 Å². The Balaban J connectivity index is 1.39. The van der Waals surface area contributed by atoms with Crippen LogP contribution in [0.25, 0.3) is 11.1 Å². The zero-order chi connectivity index (χ0) is 35.7. The monoisotopic (exact) mass is 706 g/mol. The van der Waals surface area contributed by atoms with Crippen molar-refractivity contribution in [1.29, 1.82) is 0 Å². The van der Waals surface area contributed by atoms with Crippen molar-refractivity contribution in [2.75, 3.05) is 0 Å². The molecule has 0 radical (unpaired) electrons. The van der Waals surface area contributed by atoms with E-state index in [4.69, 9.17) is 13.6 Å². The number of aryl methyl sites for hydroxylation is 1. The second kappa shape index (κ2) is 20.8. The molecule has 3 rings (SSSR count). The van der Waals surface area contributed by atoms with E-state index < -0.39 is 16.6 Å². The number of hydrogen-bond donors (Lipinski definition) is 0. The van der Waals surface area contributed by atoms with Gasteiger partial charge in [0.2, 0.25) is 0 Å². The largest absolute Gasteiger partial charge is 0.488 e. The van der Waals surface area contributed by atoms with Crippen LogP contribution in [0.3, 0.4) is 0 Å². The number of carbonyl (C=O) groups excluding carboxylic acids is 1. The van der Waals surface area contributed by atoms with Crippen molar-refractivity contribution < 1.29 is 22.8 Å². The average molecular weight is 707 g/mol. The zero-order valence-corrected chi connectivity index (χ0v) is 33.5. The fourth-order valence-corrected chi connectivity index (χ4v) is 14.6. The maximum absolute atomic E-state index is 15.0. The summed E-state index contributed by atoms with van der Waals surface area (Å²) in [6.45, 7) is 15.6. The van der Waals surface area contributed by atoms with E-state index in [0.29, 0.717) is 11.3 Å². The van der Waals surface area contributed by atoms with Gasteiger partial charge in [-0.2, -0.15) is 0 Å². The van der Waals surface area contributed by atoms with Crippen molar-refractivity contribution in [3.8, 4) is 22.6 Å². The van der Waals surface area contributed by atoms with E-state index in [-0.39, 0.29) is 23.6 Å². The Bertz CT molecular complexity index is 1380. The Morgan fingerprint density at radius 2 is 1.31 bits per heavy atom. The lowest BCUT2D eigenvalue weighted by atomic mass is 10.0. The molecule has 0 fully saturated rings. The first kappa shape index (κ1) is 40.7. The maximum atomic E-state index is 15.0. The van der Waals surface area contributed by atoms with Crippen LogP contribution >= 0.6 is 0 Å². The molecule has 3 aromatic carbocycles. The molecule has 0 heterocycles. The summed E-state index contributed by atoms with van der Waals surface area (Å²) in [5, 5.41) is 0. The molecule has 0 saturated carbocycles. The molecule has 3 aromatic rings. The molecule has 0 spiro atoms. The van der Waals surface area contributed by atoms with Gasteiger partial charge in [0.25, 0.3) is 0 Å². The Hall–Kier alpha value is -2.75. The molecule has 0 bridgehead atoms. The number of hydrogen-bond acceptors (Lipinski definition) is 4. The molecule has 1 atom stereocenters. The molecule has 270 valence electrons. The number of halogens is 1. The van der Waals surface area contributed by atoms with Crippen LogP contribution in [0.2, 0.25) is 38.8 Å². The first-order valence-electron chi connectivity index (χ1n) is 18.9. The van der Waals surface area contributed by atoms with Gasteiger partial charge in [0, 0.05) is 0 Å². The maximum Gasteiger partial charge on any atom is 0.343 e. The lowest BCUT2D eigenvalue weighted by Crippen LogP contribution is -2.42. The number of esters is 1. The highest BCUT2D eigenvalue weighted by molar-refractivity contribution is 6.84. The summed E-state index contributed by atoms with van der Waals surface area (Å²) in [6.07, 6.45) is 17.3. The van der Waals surface area contributed by atoms with Gasteiger partial charge in [-0.1, -0.05) is 101 Å². The number of carbonyl (C=O) groups is 1. The fourth-order valence-electron chi connectivity index (χ4n) is 6.42. The summed E-state index contributed by atoms with van der Waals surface area (Å²) in [7, 11) is -3.16. The first-order valence-corrected chi connectivity index (χ1v) is 25.5. The molecular weight excluding hydrogens is 644 g/mol. The van der Waals surface area contributed by atoms with Crippen LogP contribution in [0, 0.1) is 5.82 Å². The van der Waals surface area contributed by atoms with Gasteiger partial charge in [0.1, 0.15) is 5.75 Å². The van der Waals surface area contributed by atoms with E-state index >= 15 is 4.39 Å². The molecule has 0 N–H and O–H groups in total. The molecule has 49 heavy (non-hydrogen) atoms. The predicted octanol–water partition coefficient (Wildman–Crippen LogP) is 13.2. The van der Waals surface area contributed by atoms with Crippen LogP contribution in [0.4, 0.5) is 4.39 Å². The molecule has 0 aliphatic rings. The van der Waals surface area contributed by atoms with Gasteiger partial charge in [0.05, 0.1) is 11.7 Å². The van der Waals surface area contributed by atoms with Crippen molar-refractivity contribution >= 4 is 22.6 Å². The van der Waals surface area contributed by atoms with Crippen molar-refractivity contribution in [2.24, 2.45) is 0 Å². The fraction of sp³-hybridized carbons (Fsp3) is 0.548. The third kappa shape index (κ3) is 16.2. The summed E-state index contributed by atoms with van der Waals surface area (Å²) in [5.74, 6) is -0.0391. The summed E-state index contributed by atoms with van der Waals surface area (Å²) in [6, 6.07) is 21.1. The van der Waals surface area contributed by atoms with E-state index in [1.54, 1.807) is 18.2 Å². The van der Waals surface area contributed by atoms with E-state index in [2.05, 4.69) is 39.7 Å². The summed E-state index contributed by atoms with van der Waals surface area (Å²) in [4.78, 5) is 12.8. The lowest BCUT2D eigenvalue weighted by molar-refractivity contribution is 0.0734. The molecule has 0 aromatic heterocycles. The van der Waals surface area contributed by atoms with Crippen LogP contribution in [-0.2, 0) is 10.5 Å². The predicted molar refractivity (Wildman–Crippen MR) is 209 cm³/mol. The van der Waals surface area contributed by atoms with Crippen LogP contribution in [0.1, 0.15) is 113 Å². The van der Waals surface area contributed by atoms with Crippen LogP contribution in [0.5, 0.6) is 11.5 Å². The zero-order valence-electron chi connectivity index (χ0n) is 31.5. The standard InChI is InChI=1S/C42H63FO4Si2/c1-8-9-10-11-12-13-14-15-16-17-21-35-22-24-37(25-23-35)42(44)46-39-29-26-36(27-30-39)38-28-31-41(40(43)33-38)45-34(2)20-18-19-32-49(6,7)47-48(3,4)5/h22-31,33-34H,8-21,32H2,1-7H3/t34-/m0/s1. The second-order valence-electron chi connectivity index (χ2n) is 15.3. The molecule has 0 unspecified atom stereocenters. The third-order valence-corrected chi connectivity index (χ3v) is 15.1. The van der Waals surface area contributed by atoms with Gasteiger partial charge in [0.15, 0.2) is 28.2 Å². The van der Waals surface area contributed by atoms with Gasteiger partial charge in [-0.3, -0.25) is 0 Å². The first-order chi connectivity index (χ1) is 23.3. The van der Waals surface area contributed by atoms with Crippen molar-refractivity contribution in [2.45, 2.75) is 149 Å². The number of rotatable bonds is 23. The van der Waals surface area contributed by atoms with E-state index in [1.807, 2.05) is 49.4 Å². The highest BCUT2D eigenvalue weighted by Gasteiger charge is 2.29. The van der Waals surface area contributed by atoms with Crippen molar-refractivity contribution in [3.05, 3.63) is 83.7 Å². The number of unbranched alkanes of at least 4 members (excludes halogenated alkanes) is 10. The van der Waals surface area contributed by atoms with E-state index in [1.165, 1.54) is 75.8 Å². The van der Waals surface area contributed by atoms with Crippen LogP contribution in [-0.4, -0.2) is 28.7 Å². The number of ether oxygens (including phenoxy) is 2. The second-order valence-corrected chi connectivity index (χ2v) is 24.4. The summed E-state index contributed by atoms with van der Waals surface area (Å²) < 4.78 is 33.1. The van der Waals surface area contributed by atoms with E-state index in [9.17, 15) is 4.79 Å². The van der Waals surface area contributed by atoms with E-state index in [0.717, 1.165) is 42.9 Å². The number of benzene rings is 3. The SMILES string of the molecule is CCCCCCCCCCCCc1ccc(C(=O)Oc2ccc(-c3ccc(O[C@@H](C)CCCC[Si](C)(C)O[Si](C)(C)C)c(F)c3)cc2)cc1. The Morgan fingerprint density at radius 3 is 1.90 bits per heavy atom. The molecule has 0 amide bonds. The summed E-state index contributed by atoms with van der Waals surface area (Å²) in [5.41, 5.74) is 3.36. The quantitative estimate of drug-likeness (QED) is 0.0426. The van der Waals surface area contributed by atoms with Gasteiger partial charge < -0.3 is 13.6 Å². The Kier molecular flexibility index (Phi) is 17.3. The minimum atomic E-state index is -1.64. The minimum absolute atomic E-state index is 0.0715. The molecular formula is C42H63FO4Si2. The molecule has 4 nitrogen and oxygen atoms in total. The summed E-state index contributed by atoms with van der Waals surface area (Å²) >= 11 is 0. The van der Waals surface area contributed by atoms with Crippen LogP contribution < -0.4 is 9.47 Å². The molecule has 7 heteroatoms. The van der Waals surface area contributed by atoms with Gasteiger partial charge in [-0.15, -0.1) is 0 Å². The Morgan fingerprint density at radius 1 is 0.714 bits per heavy atom. The lowest BCUT2D eigenvalue weighted by Gasteiger charge is -2.31. The Labute approximate surface area is 299 Å². The van der Waals surface area contributed by atoms with Gasteiger partial charge in [-0.25, -0.2) is 9.18 Å². The minimum Gasteiger partial charge on any atom is -0.488 e. The highest BCUT2D eigenvalue weighted by Crippen LogP contribution is 2.29. The highest BCUT2D eigenvalue weighted by atomic mass is 28.4. The van der Waals surface area contributed by atoms with Crippen molar-refractivity contribution in [1.82, 2.24) is 0 Å². The van der Waals surface area contributed by atoms with Gasteiger partial charge >= 0.3 is 5.97 Å². The van der Waals surface area contributed by atoms with Gasteiger partial charge in [-0.05, 0) is 124 Å². The van der Waals surface area contributed by atoms with Crippen molar-refractivity contribution in [3.63, 3.8) is 0 Å². The molecule has 0 saturated heterocycles.